The normalized spacial score (nSPS) is 11.5. The molecular formula is C17H19Br2NO. The van der Waals surface area contributed by atoms with Gasteiger partial charge in [-0.3, -0.25) is 0 Å². The van der Waals surface area contributed by atoms with Gasteiger partial charge >= 0.3 is 0 Å². The van der Waals surface area contributed by atoms with Crippen LogP contribution >= 0.6 is 31.9 Å². The van der Waals surface area contributed by atoms with Gasteiger partial charge in [0.05, 0.1) is 8.95 Å². The van der Waals surface area contributed by atoms with Crippen LogP contribution in [0.3, 0.4) is 0 Å². The zero-order chi connectivity index (χ0) is 15.6. The van der Waals surface area contributed by atoms with Crippen LogP contribution in [0, 0.1) is 0 Å². The fourth-order valence-electron chi connectivity index (χ4n) is 2.21. The Bertz CT molecular complexity index is 624. The highest BCUT2D eigenvalue weighted by Crippen LogP contribution is 2.34. The van der Waals surface area contributed by atoms with Gasteiger partial charge in [-0.25, -0.2) is 0 Å². The molecule has 0 aromatic heterocycles. The molecule has 0 aliphatic carbocycles. The summed E-state index contributed by atoms with van der Waals surface area (Å²) in [4.78, 5) is 0. The predicted molar refractivity (Wildman–Crippen MR) is 96.0 cm³/mol. The van der Waals surface area contributed by atoms with Gasteiger partial charge in [-0.15, -0.1) is 0 Å². The molecule has 112 valence electrons. The highest BCUT2D eigenvalue weighted by molar-refractivity contribution is 9.11. The first-order valence-corrected chi connectivity index (χ1v) is 8.38. The molecule has 0 unspecified atom stereocenters. The van der Waals surface area contributed by atoms with Gasteiger partial charge in [0.15, 0.2) is 0 Å². The zero-order valence-electron chi connectivity index (χ0n) is 12.4. The van der Waals surface area contributed by atoms with Crippen molar-refractivity contribution in [3.63, 3.8) is 0 Å². The molecule has 0 aliphatic heterocycles. The van der Waals surface area contributed by atoms with E-state index in [1.165, 1.54) is 5.56 Å². The minimum atomic E-state index is 0.0969. The Kier molecular flexibility index (Phi) is 4.99. The highest BCUT2D eigenvalue weighted by atomic mass is 79.9. The van der Waals surface area contributed by atoms with Crippen molar-refractivity contribution in [3.8, 4) is 5.75 Å². The van der Waals surface area contributed by atoms with E-state index in [2.05, 4.69) is 76.1 Å². The van der Waals surface area contributed by atoms with Crippen LogP contribution < -0.4 is 5.32 Å². The molecule has 0 aliphatic rings. The second kappa shape index (κ2) is 6.41. The van der Waals surface area contributed by atoms with Crippen molar-refractivity contribution in [2.75, 3.05) is 5.32 Å². The van der Waals surface area contributed by atoms with Crippen LogP contribution in [0.4, 0.5) is 5.69 Å². The third-order valence-electron chi connectivity index (χ3n) is 3.29. The Balaban J connectivity index is 2.21. The van der Waals surface area contributed by atoms with Crippen molar-refractivity contribution < 1.29 is 5.11 Å². The van der Waals surface area contributed by atoms with Gasteiger partial charge < -0.3 is 10.4 Å². The molecule has 2 aromatic rings. The van der Waals surface area contributed by atoms with Crippen molar-refractivity contribution in [2.24, 2.45) is 0 Å². The van der Waals surface area contributed by atoms with E-state index in [1.54, 1.807) is 0 Å². The van der Waals surface area contributed by atoms with Crippen molar-refractivity contribution in [2.45, 2.75) is 32.7 Å². The number of benzene rings is 2. The molecule has 2 N–H and O–H groups in total. The molecule has 4 heteroatoms. The first-order chi connectivity index (χ1) is 9.79. The van der Waals surface area contributed by atoms with Crippen LogP contribution in [-0.2, 0) is 12.0 Å². The maximum absolute atomic E-state index is 9.75. The number of rotatable bonds is 3. The summed E-state index contributed by atoms with van der Waals surface area (Å²) in [5.74, 6) is 0.230. The number of aromatic hydroxyl groups is 1. The van der Waals surface area contributed by atoms with Gasteiger partial charge in [0, 0.05) is 12.2 Å². The number of halogens is 2. The lowest BCUT2D eigenvalue weighted by Crippen LogP contribution is -2.14. The SMILES string of the molecule is CC(C)(C)c1ccccc1NCc1cc(Br)c(O)c(Br)c1. The molecule has 0 fully saturated rings. The largest absolute Gasteiger partial charge is 0.506 e. The molecule has 21 heavy (non-hydrogen) atoms. The fraction of sp³-hybridized carbons (Fsp3) is 0.294. The van der Waals surface area contributed by atoms with Gasteiger partial charge in [0.1, 0.15) is 5.75 Å². The fourth-order valence-corrected chi connectivity index (χ4v) is 3.49. The van der Waals surface area contributed by atoms with Gasteiger partial charge in [-0.05, 0) is 66.6 Å². The number of nitrogens with one attached hydrogen (secondary N) is 1. The van der Waals surface area contributed by atoms with Crippen molar-refractivity contribution in [3.05, 3.63) is 56.5 Å². The van der Waals surface area contributed by atoms with E-state index < -0.39 is 0 Å². The Morgan fingerprint density at radius 1 is 1.05 bits per heavy atom. The first-order valence-electron chi connectivity index (χ1n) is 6.79. The zero-order valence-corrected chi connectivity index (χ0v) is 15.5. The van der Waals surface area contributed by atoms with E-state index in [4.69, 9.17) is 0 Å². The van der Waals surface area contributed by atoms with Crippen molar-refractivity contribution in [1.29, 1.82) is 0 Å². The minimum Gasteiger partial charge on any atom is -0.506 e. The van der Waals surface area contributed by atoms with E-state index in [-0.39, 0.29) is 11.2 Å². The molecule has 0 saturated carbocycles. The molecule has 0 bridgehead atoms. The average molecular weight is 413 g/mol. The Hall–Kier alpha value is -1.000. The third kappa shape index (κ3) is 4.01. The summed E-state index contributed by atoms with van der Waals surface area (Å²) < 4.78 is 1.38. The Morgan fingerprint density at radius 3 is 2.19 bits per heavy atom. The third-order valence-corrected chi connectivity index (χ3v) is 4.50. The molecule has 0 atom stereocenters. The minimum absolute atomic E-state index is 0.0969. The van der Waals surface area contributed by atoms with Crippen LogP contribution in [0.2, 0.25) is 0 Å². The standard InChI is InChI=1S/C17H19Br2NO/c1-17(2,3)12-6-4-5-7-15(12)20-10-11-8-13(18)16(21)14(19)9-11/h4-9,20-21H,10H2,1-3H3. The van der Waals surface area contributed by atoms with Gasteiger partial charge in [-0.2, -0.15) is 0 Å². The predicted octanol–water partition coefficient (Wildman–Crippen LogP) is 5.83. The quantitative estimate of drug-likeness (QED) is 0.664. The van der Waals surface area contributed by atoms with Gasteiger partial charge in [0.2, 0.25) is 0 Å². The lowest BCUT2D eigenvalue weighted by molar-refractivity contribution is 0.468. The van der Waals surface area contributed by atoms with E-state index in [9.17, 15) is 5.11 Å². The average Bonchev–Trinajstić information content (AvgIpc) is 2.41. The van der Waals surface area contributed by atoms with E-state index in [0.717, 1.165) is 11.3 Å². The summed E-state index contributed by atoms with van der Waals surface area (Å²) in [6.07, 6.45) is 0. The molecule has 0 spiro atoms. The lowest BCUT2D eigenvalue weighted by atomic mass is 9.86. The number of anilines is 1. The van der Waals surface area contributed by atoms with E-state index >= 15 is 0 Å². The number of para-hydroxylation sites is 1. The maximum atomic E-state index is 9.75. The molecule has 2 rings (SSSR count). The topological polar surface area (TPSA) is 32.3 Å². The summed E-state index contributed by atoms with van der Waals surface area (Å²) in [6.45, 7) is 7.33. The van der Waals surface area contributed by atoms with Crippen molar-refractivity contribution in [1.82, 2.24) is 0 Å². The van der Waals surface area contributed by atoms with E-state index in [1.807, 2.05) is 18.2 Å². The number of hydrogen-bond donors (Lipinski definition) is 2. The monoisotopic (exact) mass is 411 g/mol. The summed E-state index contributed by atoms with van der Waals surface area (Å²) in [6, 6.07) is 12.2. The van der Waals surface area contributed by atoms with Gasteiger partial charge in [-0.1, -0.05) is 39.0 Å². The number of phenols is 1. The lowest BCUT2D eigenvalue weighted by Gasteiger charge is -2.23. The maximum Gasteiger partial charge on any atom is 0.143 e. The number of phenolic OH excluding ortho intramolecular Hbond substituents is 1. The second-order valence-electron chi connectivity index (χ2n) is 6.06. The van der Waals surface area contributed by atoms with E-state index in [0.29, 0.717) is 15.5 Å². The molecule has 2 nitrogen and oxygen atoms in total. The second-order valence-corrected chi connectivity index (χ2v) is 7.77. The summed E-state index contributed by atoms with van der Waals surface area (Å²) in [7, 11) is 0. The Labute approximate surface area is 142 Å². The number of hydrogen-bond acceptors (Lipinski definition) is 2. The summed E-state index contributed by atoms with van der Waals surface area (Å²) >= 11 is 6.72. The van der Waals surface area contributed by atoms with Crippen LogP contribution in [0.15, 0.2) is 45.3 Å². The summed E-state index contributed by atoms with van der Waals surface area (Å²) in [5, 5.41) is 13.2. The highest BCUT2D eigenvalue weighted by Gasteiger charge is 2.17. The van der Waals surface area contributed by atoms with Crippen LogP contribution in [0.1, 0.15) is 31.9 Å². The molecule has 2 aromatic carbocycles. The molecule has 0 radical (unpaired) electrons. The molecule has 0 heterocycles. The molecular weight excluding hydrogens is 394 g/mol. The first kappa shape index (κ1) is 16.4. The smallest absolute Gasteiger partial charge is 0.143 e. The summed E-state index contributed by atoms with van der Waals surface area (Å²) in [5.41, 5.74) is 3.63. The molecule has 0 saturated heterocycles. The van der Waals surface area contributed by atoms with Crippen LogP contribution in [0.25, 0.3) is 0 Å². The molecule has 0 amide bonds. The van der Waals surface area contributed by atoms with Crippen LogP contribution in [-0.4, -0.2) is 5.11 Å². The van der Waals surface area contributed by atoms with Crippen molar-refractivity contribution >= 4 is 37.5 Å². The van der Waals surface area contributed by atoms with Crippen LogP contribution in [0.5, 0.6) is 5.75 Å². The Morgan fingerprint density at radius 2 is 1.62 bits per heavy atom. The van der Waals surface area contributed by atoms with Gasteiger partial charge in [0.25, 0.3) is 0 Å².